The minimum atomic E-state index is -0.165. The number of carbonyl (C=O) groups is 1. The van der Waals surface area contributed by atoms with Crippen LogP contribution in [-0.4, -0.2) is 16.7 Å². The number of carbonyl (C=O) groups excluding carboxylic acids is 1. The van der Waals surface area contributed by atoms with Crippen molar-refractivity contribution in [3.05, 3.63) is 60.2 Å². The van der Waals surface area contributed by atoms with Crippen molar-refractivity contribution in [1.82, 2.24) is 0 Å². The van der Waals surface area contributed by atoms with Crippen molar-refractivity contribution < 1.29 is 10.0 Å². The third kappa shape index (κ3) is 3.42. The number of fused-ring (bicyclic) bond motifs is 1. The molecule has 0 aliphatic heterocycles. The van der Waals surface area contributed by atoms with Gasteiger partial charge in [0, 0.05) is 15.1 Å². The minimum absolute atomic E-state index is 0.165. The highest BCUT2D eigenvalue weighted by Crippen LogP contribution is 2.33. The zero-order chi connectivity index (χ0) is 17.9. The van der Waals surface area contributed by atoms with Gasteiger partial charge in [0.15, 0.2) is 0 Å². The molecule has 1 heterocycles. The quantitative estimate of drug-likeness (QED) is 0.255. The fourth-order valence-corrected chi connectivity index (χ4v) is 4.81. The largest absolute Gasteiger partial charge is 0.411 e. The van der Waals surface area contributed by atoms with E-state index >= 15 is 0 Å². The zero-order valence-electron chi connectivity index (χ0n) is 14.5. The lowest BCUT2D eigenvalue weighted by Crippen LogP contribution is -2.17. The SMILES string of the molecule is O=C(C(CC1CCCC1)=NO)c1ccc(-c2cc3ccccc3s2)cc1. The molecule has 1 fully saturated rings. The molecule has 1 N–H and O–H groups in total. The van der Waals surface area contributed by atoms with Crippen LogP contribution in [0.4, 0.5) is 0 Å². The van der Waals surface area contributed by atoms with Gasteiger partial charge in [0.1, 0.15) is 5.71 Å². The Hall–Kier alpha value is -2.46. The van der Waals surface area contributed by atoms with Crippen LogP contribution in [0.1, 0.15) is 42.5 Å². The fourth-order valence-electron chi connectivity index (χ4n) is 3.74. The lowest BCUT2D eigenvalue weighted by Gasteiger charge is -2.09. The summed E-state index contributed by atoms with van der Waals surface area (Å²) in [4.78, 5) is 13.9. The molecule has 0 bridgehead atoms. The molecule has 132 valence electrons. The van der Waals surface area contributed by atoms with E-state index in [1.807, 2.05) is 36.4 Å². The molecule has 2 aromatic carbocycles. The highest BCUT2D eigenvalue weighted by molar-refractivity contribution is 7.22. The van der Waals surface area contributed by atoms with Crippen LogP contribution < -0.4 is 0 Å². The van der Waals surface area contributed by atoms with E-state index in [2.05, 4.69) is 23.4 Å². The number of nitrogens with zero attached hydrogens (tertiary/aromatic N) is 1. The molecule has 1 aliphatic carbocycles. The molecule has 1 saturated carbocycles. The second-order valence-electron chi connectivity index (χ2n) is 6.96. The van der Waals surface area contributed by atoms with Gasteiger partial charge in [0.2, 0.25) is 5.78 Å². The predicted molar refractivity (Wildman–Crippen MR) is 107 cm³/mol. The van der Waals surface area contributed by atoms with E-state index in [-0.39, 0.29) is 11.5 Å². The molecule has 0 radical (unpaired) electrons. The van der Waals surface area contributed by atoms with Crippen LogP contribution in [0.15, 0.2) is 59.8 Å². The summed E-state index contributed by atoms with van der Waals surface area (Å²) in [6, 6.07) is 18.1. The van der Waals surface area contributed by atoms with E-state index in [0.29, 0.717) is 17.9 Å². The van der Waals surface area contributed by atoms with E-state index < -0.39 is 0 Å². The normalized spacial score (nSPS) is 15.6. The van der Waals surface area contributed by atoms with Crippen LogP contribution in [0.3, 0.4) is 0 Å². The Morgan fingerprint density at radius 3 is 2.50 bits per heavy atom. The Balaban J connectivity index is 1.53. The first-order valence-corrected chi connectivity index (χ1v) is 9.91. The molecule has 26 heavy (non-hydrogen) atoms. The van der Waals surface area contributed by atoms with E-state index in [1.54, 1.807) is 11.3 Å². The summed E-state index contributed by atoms with van der Waals surface area (Å²) in [5.74, 6) is 0.310. The molecule has 0 amide bonds. The van der Waals surface area contributed by atoms with E-state index in [9.17, 15) is 10.0 Å². The van der Waals surface area contributed by atoms with Crippen LogP contribution in [0.5, 0.6) is 0 Å². The Labute approximate surface area is 157 Å². The number of hydrogen-bond acceptors (Lipinski definition) is 4. The number of hydrogen-bond donors (Lipinski definition) is 1. The lowest BCUT2D eigenvalue weighted by molar-refractivity contribution is 0.105. The van der Waals surface area contributed by atoms with Gasteiger partial charge >= 0.3 is 0 Å². The third-order valence-corrected chi connectivity index (χ3v) is 6.36. The van der Waals surface area contributed by atoms with E-state index in [4.69, 9.17) is 0 Å². The zero-order valence-corrected chi connectivity index (χ0v) is 15.3. The molecule has 0 saturated heterocycles. The molecule has 0 unspecified atom stereocenters. The number of ketones is 1. The Kier molecular flexibility index (Phi) is 4.85. The van der Waals surface area contributed by atoms with Gasteiger partial charge in [-0.1, -0.05) is 73.3 Å². The van der Waals surface area contributed by atoms with Crippen LogP contribution in [0.25, 0.3) is 20.5 Å². The highest BCUT2D eigenvalue weighted by Gasteiger charge is 2.22. The number of thiophene rings is 1. The second-order valence-corrected chi connectivity index (χ2v) is 8.04. The first kappa shape index (κ1) is 17.0. The molecule has 4 heteroatoms. The fraction of sp³-hybridized carbons (Fsp3) is 0.273. The number of oxime groups is 1. The van der Waals surface area contributed by atoms with Gasteiger partial charge in [0.25, 0.3) is 0 Å². The van der Waals surface area contributed by atoms with Gasteiger partial charge in [-0.3, -0.25) is 4.79 Å². The monoisotopic (exact) mass is 363 g/mol. The van der Waals surface area contributed by atoms with Gasteiger partial charge in [-0.05, 0) is 35.4 Å². The number of benzene rings is 2. The topological polar surface area (TPSA) is 49.7 Å². The van der Waals surface area contributed by atoms with Crippen molar-refractivity contribution in [3.63, 3.8) is 0 Å². The van der Waals surface area contributed by atoms with Crippen molar-refractivity contribution in [3.8, 4) is 10.4 Å². The molecule has 3 aromatic rings. The third-order valence-electron chi connectivity index (χ3n) is 5.20. The summed E-state index contributed by atoms with van der Waals surface area (Å²) >= 11 is 1.75. The van der Waals surface area contributed by atoms with E-state index in [1.165, 1.54) is 27.8 Å². The van der Waals surface area contributed by atoms with Gasteiger partial charge in [-0.25, -0.2) is 0 Å². The molecule has 1 aromatic heterocycles. The summed E-state index contributed by atoms with van der Waals surface area (Å²) in [6.45, 7) is 0. The standard InChI is InChI=1S/C22H21NO2S/c24-22(19(23-25)13-15-5-1-2-6-15)17-11-9-16(10-12-17)21-14-18-7-3-4-8-20(18)26-21/h3-4,7-12,14-15,25H,1-2,5-6,13H2. The summed E-state index contributed by atoms with van der Waals surface area (Å²) < 4.78 is 1.26. The number of rotatable bonds is 5. The maximum absolute atomic E-state index is 12.7. The molecular weight excluding hydrogens is 342 g/mol. The van der Waals surface area contributed by atoms with Crippen LogP contribution in [0.2, 0.25) is 0 Å². The summed E-state index contributed by atoms with van der Waals surface area (Å²) in [5.41, 5.74) is 1.97. The van der Waals surface area contributed by atoms with Gasteiger partial charge in [0.05, 0.1) is 0 Å². The molecule has 1 aliphatic rings. The van der Waals surface area contributed by atoms with Gasteiger partial charge < -0.3 is 5.21 Å². The van der Waals surface area contributed by atoms with Gasteiger partial charge in [-0.2, -0.15) is 0 Å². The van der Waals surface area contributed by atoms with Gasteiger partial charge in [-0.15, -0.1) is 11.3 Å². The average Bonchev–Trinajstić information content (AvgIpc) is 3.35. The maximum atomic E-state index is 12.7. The van der Waals surface area contributed by atoms with Crippen LogP contribution >= 0.6 is 11.3 Å². The van der Waals surface area contributed by atoms with E-state index in [0.717, 1.165) is 18.4 Å². The second kappa shape index (κ2) is 7.42. The lowest BCUT2D eigenvalue weighted by atomic mass is 9.95. The molecule has 0 atom stereocenters. The predicted octanol–water partition coefficient (Wildman–Crippen LogP) is 6.16. The molecular formula is C22H21NO2S. The summed E-state index contributed by atoms with van der Waals surface area (Å²) in [6.07, 6.45) is 5.24. The first-order valence-electron chi connectivity index (χ1n) is 9.09. The van der Waals surface area contributed by atoms with Crippen LogP contribution in [0, 0.1) is 5.92 Å². The van der Waals surface area contributed by atoms with Crippen LogP contribution in [-0.2, 0) is 0 Å². The maximum Gasteiger partial charge on any atom is 0.210 e. The Bertz CT molecular complexity index is 917. The smallest absolute Gasteiger partial charge is 0.210 e. The Morgan fingerprint density at radius 2 is 1.81 bits per heavy atom. The molecule has 4 rings (SSSR count). The summed E-state index contributed by atoms with van der Waals surface area (Å²) in [7, 11) is 0. The van der Waals surface area contributed by atoms with Crippen molar-refractivity contribution in [1.29, 1.82) is 0 Å². The minimum Gasteiger partial charge on any atom is -0.411 e. The van der Waals surface area contributed by atoms with Crippen molar-refractivity contribution in [2.24, 2.45) is 11.1 Å². The highest BCUT2D eigenvalue weighted by atomic mass is 32.1. The summed E-state index contributed by atoms with van der Waals surface area (Å²) in [5, 5.41) is 13.8. The van der Waals surface area contributed by atoms with Crippen molar-refractivity contribution in [2.75, 3.05) is 0 Å². The Morgan fingerprint density at radius 1 is 1.08 bits per heavy atom. The average molecular weight is 363 g/mol. The van der Waals surface area contributed by atoms with Crippen molar-refractivity contribution in [2.45, 2.75) is 32.1 Å². The first-order chi connectivity index (χ1) is 12.7. The van der Waals surface area contributed by atoms with Crippen molar-refractivity contribution >= 4 is 32.9 Å². The molecule has 0 spiro atoms. The number of Topliss-reactive ketones (excluding diaryl/α,β-unsaturated/α-hetero) is 1. The molecule has 3 nitrogen and oxygen atoms in total.